The summed E-state index contributed by atoms with van der Waals surface area (Å²) >= 11 is 0. The first-order valence-corrected chi connectivity index (χ1v) is 14.1. The van der Waals surface area contributed by atoms with Crippen LogP contribution in [0.25, 0.3) is 0 Å². The van der Waals surface area contributed by atoms with Crippen molar-refractivity contribution in [1.82, 2.24) is 5.32 Å². The molecule has 0 saturated carbocycles. The predicted molar refractivity (Wildman–Crippen MR) is 142 cm³/mol. The van der Waals surface area contributed by atoms with Crippen LogP contribution in [0, 0.1) is 5.41 Å². The minimum atomic E-state index is -0.446. The van der Waals surface area contributed by atoms with E-state index < -0.39 is 7.92 Å². The maximum absolute atomic E-state index is 8.81. The monoisotopic (exact) mass is 448 g/mol. The normalized spacial score (nSPS) is 11.5. The van der Waals surface area contributed by atoms with Crippen LogP contribution in [0.3, 0.4) is 0 Å². The molecule has 3 rings (SSSR count). The highest BCUT2D eigenvalue weighted by molar-refractivity contribution is 7.73. The summed E-state index contributed by atoms with van der Waals surface area (Å²) in [6.07, 6.45) is 1.01. The molecule has 2 nitrogen and oxygen atoms in total. The maximum atomic E-state index is 8.81. The SMILES string of the molecule is CC(C)P(c1ccccc1C(=N)NCCP(c1ccccc1)c1ccccc1)C(C)C. The van der Waals surface area contributed by atoms with Gasteiger partial charge in [-0.1, -0.05) is 121 Å². The van der Waals surface area contributed by atoms with Crippen LogP contribution in [0.1, 0.15) is 33.3 Å². The summed E-state index contributed by atoms with van der Waals surface area (Å²) in [6, 6.07) is 30.1. The van der Waals surface area contributed by atoms with Crippen LogP contribution in [0.2, 0.25) is 0 Å². The quantitative estimate of drug-likeness (QED) is 0.247. The summed E-state index contributed by atoms with van der Waals surface area (Å²) in [5, 5.41) is 16.4. The Balaban J connectivity index is 1.75. The number of hydrogen-bond donors (Lipinski definition) is 2. The molecular weight excluding hydrogens is 414 g/mol. The second kappa shape index (κ2) is 11.6. The molecule has 0 aliphatic heterocycles. The average Bonchev–Trinajstić information content (AvgIpc) is 2.77. The Hall–Kier alpha value is -2.01. The van der Waals surface area contributed by atoms with Gasteiger partial charge in [0, 0.05) is 12.1 Å². The minimum absolute atomic E-state index is 0.304. The number of nitrogens with one attached hydrogen (secondary N) is 2. The molecule has 0 spiro atoms. The number of amidine groups is 1. The number of hydrogen-bond acceptors (Lipinski definition) is 1. The van der Waals surface area contributed by atoms with E-state index in [1.54, 1.807) is 0 Å². The van der Waals surface area contributed by atoms with E-state index in [1.165, 1.54) is 15.9 Å². The van der Waals surface area contributed by atoms with E-state index in [9.17, 15) is 0 Å². The van der Waals surface area contributed by atoms with Gasteiger partial charge in [0.25, 0.3) is 0 Å². The Morgan fingerprint density at radius 2 is 1.23 bits per heavy atom. The van der Waals surface area contributed by atoms with E-state index in [1.807, 2.05) is 0 Å². The Bertz CT molecular complexity index is 908. The minimum Gasteiger partial charge on any atom is -0.370 e. The zero-order valence-corrected chi connectivity index (χ0v) is 20.8. The van der Waals surface area contributed by atoms with Crippen LogP contribution >= 0.6 is 15.8 Å². The molecule has 0 saturated heterocycles. The zero-order chi connectivity index (χ0) is 22.2. The van der Waals surface area contributed by atoms with Crippen LogP contribution in [-0.4, -0.2) is 29.9 Å². The molecule has 0 bridgehead atoms. The van der Waals surface area contributed by atoms with E-state index in [0.29, 0.717) is 17.2 Å². The van der Waals surface area contributed by atoms with Crippen molar-refractivity contribution < 1.29 is 0 Å². The van der Waals surface area contributed by atoms with Crippen molar-refractivity contribution >= 4 is 37.6 Å². The Morgan fingerprint density at radius 3 is 1.74 bits per heavy atom. The lowest BCUT2D eigenvalue weighted by Crippen LogP contribution is -2.32. The second-order valence-corrected chi connectivity index (χ2v) is 13.9. The maximum Gasteiger partial charge on any atom is 0.126 e. The lowest BCUT2D eigenvalue weighted by atomic mass is 10.2. The Kier molecular flexibility index (Phi) is 8.82. The zero-order valence-electron chi connectivity index (χ0n) is 19.0. The Morgan fingerprint density at radius 1 is 0.742 bits per heavy atom. The van der Waals surface area contributed by atoms with Crippen molar-refractivity contribution in [2.24, 2.45) is 0 Å². The largest absolute Gasteiger partial charge is 0.370 e. The molecule has 0 atom stereocenters. The van der Waals surface area contributed by atoms with Gasteiger partial charge in [0.05, 0.1) is 0 Å². The van der Waals surface area contributed by atoms with E-state index in [-0.39, 0.29) is 7.92 Å². The molecular formula is C27H34N2P2. The van der Waals surface area contributed by atoms with Crippen molar-refractivity contribution in [2.45, 2.75) is 39.0 Å². The third-order valence-electron chi connectivity index (χ3n) is 5.34. The molecule has 3 aromatic carbocycles. The summed E-state index contributed by atoms with van der Waals surface area (Å²) < 4.78 is 0. The average molecular weight is 449 g/mol. The lowest BCUT2D eigenvalue weighted by Gasteiger charge is -2.28. The smallest absolute Gasteiger partial charge is 0.126 e. The van der Waals surface area contributed by atoms with Crippen molar-refractivity contribution in [2.75, 3.05) is 12.7 Å². The predicted octanol–water partition coefficient (Wildman–Crippen LogP) is 5.66. The van der Waals surface area contributed by atoms with Gasteiger partial charge < -0.3 is 5.32 Å². The number of benzene rings is 3. The van der Waals surface area contributed by atoms with Gasteiger partial charge in [0.1, 0.15) is 5.84 Å². The highest BCUT2D eigenvalue weighted by atomic mass is 31.1. The molecule has 2 N–H and O–H groups in total. The first-order valence-electron chi connectivity index (χ1n) is 11.1. The third kappa shape index (κ3) is 6.25. The Labute approximate surface area is 190 Å². The molecule has 0 aromatic heterocycles. The lowest BCUT2D eigenvalue weighted by molar-refractivity contribution is 0.966. The molecule has 0 heterocycles. The van der Waals surface area contributed by atoms with Gasteiger partial charge in [-0.25, -0.2) is 0 Å². The van der Waals surface area contributed by atoms with Crippen molar-refractivity contribution in [1.29, 1.82) is 5.41 Å². The molecule has 0 fully saturated rings. The topological polar surface area (TPSA) is 35.9 Å². The highest BCUT2D eigenvalue weighted by Crippen LogP contribution is 2.45. The fraction of sp³-hybridized carbons (Fsp3) is 0.296. The van der Waals surface area contributed by atoms with Gasteiger partial charge in [-0.15, -0.1) is 0 Å². The van der Waals surface area contributed by atoms with Crippen molar-refractivity contribution in [3.05, 3.63) is 90.5 Å². The summed E-state index contributed by atoms with van der Waals surface area (Å²) in [5.41, 5.74) is 2.28. The first-order chi connectivity index (χ1) is 15.0. The standard InChI is InChI=1S/C27H34N2P2/c1-21(2)31(22(3)4)26-18-12-11-17-25(26)27(28)29-19-20-30(23-13-7-5-8-14-23)24-15-9-6-10-16-24/h5-18,21-22H,19-20H2,1-4H3,(H2,28,29). The van der Waals surface area contributed by atoms with Gasteiger partial charge >= 0.3 is 0 Å². The van der Waals surface area contributed by atoms with E-state index in [0.717, 1.165) is 18.3 Å². The first kappa shape index (κ1) is 23.6. The second-order valence-electron chi connectivity index (χ2n) is 8.24. The van der Waals surface area contributed by atoms with E-state index in [4.69, 9.17) is 5.41 Å². The fourth-order valence-electron chi connectivity index (χ4n) is 4.07. The van der Waals surface area contributed by atoms with Crippen LogP contribution in [0.4, 0.5) is 0 Å². The molecule has 4 heteroatoms. The van der Waals surface area contributed by atoms with Gasteiger partial charge in [0.15, 0.2) is 0 Å². The summed E-state index contributed by atoms with van der Waals surface area (Å²) in [6.45, 7) is 10.0. The molecule has 0 aliphatic rings. The van der Waals surface area contributed by atoms with Gasteiger partial charge in [0.2, 0.25) is 0 Å². The summed E-state index contributed by atoms with van der Waals surface area (Å²) in [4.78, 5) is 0. The summed E-state index contributed by atoms with van der Waals surface area (Å²) in [5.74, 6) is 0.556. The molecule has 162 valence electrons. The van der Waals surface area contributed by atoms with Gasteiger partial charge in [-0.2, -0.15) is 0 Å². The van der Waals surface area contributed by atoms with Crippen LogP contribution in [-0.2, 0) is 0 Å². The van der Waals surface area contributed by atoms with E-state index in [2.05, 4.69) is 118 Å². The van der Waals surface area contributed by atoms with Crippen molar-refractivity contribution in [3.63, 3.8) is 0 Å². The van der Waals surface area contributed by atoms with Crippen LogP contribution < -0.4 is 21.2 Å². The van der Waals surface area contributed by atoms with E-state index >= 15 is 0 Å². The molecule has 31 heavy (non-hydrogen) atoms. The van der Waals surface area contributed by atoms with Crippen molar-refractivity contribution in [3.8, 4) is 0 Å². The molecule has 0 amide bonds. The van der Waals surface area contributed by atoms with Gasteiger partial charge in [-0.3, -0.25) is 5.41 Å². The molecule has 0 aliphatic carbocycles. The van der Waals surface area contributed by atoms with Crippen LogP contribution in [0.5, 0.6) is 0 Å². The summed E-state index contributed by atoms with van der Waals surface area (Å²) in [7, 11) is -0.750. The molecule has 0 unspecified atom stereocenters. The molecule has 3 aromatic rings. The van der Waals surface area contributed by atoms with Gasteiger partial charge in [-0.05, 0) is 41.3 Å². The third-order valence-corrected chi connectivity index (χ3v) is 11.0. The molecule has 0 radical (unpaired) electrons. The van der Waals surface area contributed by atoms with Crippen LogP contribution in [0.15, 0.2) is 84.9 Å². The highest BCUT2D eigenvalue weighted by Gasteiger charge is 2.23. The fourth-order valence-corrected chi connectivity index (χ4v) is 9.32. The number of rotatable bonds is 9.